The molecule has 3 unspecified atom stereocenters. The summed E-state index contributed by atoms with van der Waals surface area (Å²) in [6, 6.07) is 2.88. The van der Waals surface area contributed by atoms with Crippen LogP contribution in [0.4, 0.5) is 0 Å². The summed E-state index contributed by atoms with van der Waals surface area (Å²) in [5, 5.41) is 12.8. The van der Waals surface area contributed by atoms with E-state index in [1.807, 2.05) is 6.92 Å². The van der Waals surface area contributed by atoms with Gasteiger partial charge in [-0.3, -0.25) is 5.32 Å². The van der Waals surface area contributed by atoms with Gasteiger partial charge in [0, 0.05) is 19.1 Å². The molecule has 0 aromatic heterocycles. The quantitative estimate of drug-likeness (QED) is 0.738. The fourth-order valence-corrected chi connectivity index (χ4v) is 3.07. The first-order valence-corrected chi connectivity index (χ1v) is 7.95. The Morgan fingerprint density at radius 1 is 1.55 bits per heavy atom. The minimum atomic E-state index is -0.407. The molecule has 1 aliphatic rings. The second-order valence-corrected chi connectivity index (χ2v) is 6.78. The zero-order chi connectivity index (χ0) is 15.2. The van der Waals surface area contributed by atoms with Crippen molar-refractivity contribution in [3.05, 3.63) is 0 Å². The number of hydrogen-bond acceptors (Lipinski definition) is 4. The molecule has 116 valence electrons. The van der Waals surface area contributed by atoms with Crippen LogP contribution in [0.2, 0.25) is 0 Å². The molecule has 0 amide bonds. The molecule has 1 fully saturated rings. The summed E-state index contributed by atoms with van der Waals surface area (Å²) in [7, 11) is 4.39. The van der Waals surface area contributed by atoms with Crippen LogP contribution in [0.5, 0.6) is 0 Å². The molecule has 0 bridgehead atoms. The van der Waals surface area contributed by atoms with Crippen molar-refractivity contribution < 1.29 is 0 Å². The number of nitrogens with zero attached hydrogens (tertiary/aromatic N) is 3. The van der Waals surface area contributed by atoms with E-state index in [0.717, 1.165) is 31.8 Å². The highest BCUT2D eigenvalue weighted by Crippen LogP contribution is 2.19. The van der Waals surface area contributed by atoms with Crippen molar-refractivity contribution in [2.45, 2.75) is 51.6 Å². The lowest BCUT2D eigenvalue weighted by Gasteiger charge is -2.33. The number of likely N-dealkylation sites (tertiary alicyclic amines) is 1. The van der Waals surface area contributed by atoms with Crippen molar-refractivity contribution >= 4 is 0 Å². The van der Waals surface area contributed by atoms with Crippen molar-refractivity contribution in [2.24, 2.45) is 5.92 Å². The summed E-state index contributed by atoms with van der Waals surface area (Å²) in [5.41, 5.74) is -0.407. The Morgan fingerprint density at radius 2 is 2.25 bits per heavy atom. The Kier molecular flexibility index (Phi) is 6.94. The van der Waals surface area contributed by atoms with E-state index in [2.05, 4.69) is 49.1 Å². The molecule has 0 saturated carbocycles. The lowest BCUT2D eigenvalue weighted by atomic mass is 9.94. The van der Waals surface area contributed by atoms with E-state index in [-0.39, 0.29) is 0 Å². The lowest BCUT2D eigenvalue weighted by molar-refractivity contribution is 0.186. The first-order chi connectivity index (χ1) is 9.40. The fraction of sp³-hybridized carbons (Fsp3) is 0.938. The smallest absolute Gasteiger partial charge is 0.105 e. The topological polar surface area (TPSA) is 42.3 Å². The van der Waals surface area contributed by atoms with Crippen molar-refractivity contribution in [3.8, 4) is 6.07 Å². The Bertz CT molecular complexity index is 325. The molecular formula is C16H32N4. The minimum Gasteiger partial charge on any atom is -0.306 e. The van der Waals surface area contributed by atoms with Gasteiger partial charge in [-0.1, -0.05) is 6.92 Å². The molecule has 1 rings (SSSR count). The Labute approximate surface area is 125 Å². The predicted molar refractivity (Wildman–Crippen MR) is 84.6 cm³/mol. The average molecular weight is 280 g/mol. The molecule has 1 aliphatic heterocycles. The highest BCUT2D eigenvalue weighted by molar-refractivity contribution is 5.05. The molecule has 0 spiro atoms. The van der Waals surface area contributed by atoms with Crippen LogP contribution in [0.1, 0.15) is 40.0 Å². The van der Waals surface area contributed by atoms with E-state index in [4.69, 9.17) is 0 Å². The Morgan fingerprint density at radius 3 is 2.75 bits per heavy atom. The summed E-state index contributed by atoms with van der Waals surface area (Å²) in [6.07, 6.45) is 3.25. The number of hydrogen-bond donors (Lipinski definition) is 1. The molecule has 1 N–H and O–H groups in total. The average Bonchev–Trinajstić information content (AvgIpc) is 2.81. The van der Waals surface area contributed by atoms with Crippen LogP contribution in [0, 0.1) is 17.2 Å². The van der Waals surface area contributed by atoms with Gasteiger partial charge in [0.05, 0.1) is 6.07 Å². The van der Waals surface area contributed by atoms with Crippen LogP contribution >= 0.6 is 0 Å². The molecule has 20 heavy (non-hydrogen) atoms. The Balaban J connectivity index is 2.43. The SMILES string of the molecule is CCCNC(C)(C#N)CC(C)N(C)CC1CCN(C)C1. The highest BCUT2D eigenvalue weighted by atomic mass is 15.2. The third kappa shape index (κ3) is 5.40. The van der Waals surface area contributed by atoms with E-state index < -0.39 is 5.54 Å². The third-order valence-electron chi connectivity index (χ3n) is 4.50. The van der Waals surface area contributed by atoms with E-state index in [9.17, 15) is 5.26 Å². The van der Waals surface area contributed by atoms with Crippen LogP contribution in [-0.2, 0) is 0 Å². The highest BCUT2D eigenvalue weighted by Gasteiger charge is 2.29. The maximum absolute atomic E-state index is 9.42. The van der Waals surface area contributed by atoms with E-state index >= 15 is 0 Å². The van der Waals surface area contributed by atoms with Crippen LogP contribution < -0.4 is 5.32 Å². The van der Waals surface area contributed by atoms with Crippen LogP contribution in [-0.4, -0.2) is 61.7 Å². The van der Waals surface area contributed by atoms with Crippen molar-refractivity contribution in [3.63, 3.8) is 0 Å². The summed E-state index contributed by atoms with van der Waals surface area (Å²) in [6.45, 7) is 10.9. The molecule has 1 saturated heterocycles. The molecule has 0 aromatic carbocycles. The minimum absolute atomic E-state index is 0.407. The second kappa shape index (κ2) is 7.97. The van der Waals surface area contributed by atoms with Gasteiger partial charge in [0.2, 0.25) is 0 Å². The molecule has 1 heterocycles. The van der Waals surface area contributed by atoms with E-state index in [0.29, 0.717) is 6.04 Å². The molecular weight excluding hydrogens is 248 g/mol. The van der Waals surface area contributed by atoms with Gasteiger partial charge in [-0.25, -0.2) is 0 Å². The van der Waals surface area contributed by atoms with E-state index in [1.54, 1.807) is 0 Å². The largest absolute Gasteiger partial charge is 0.306 e. The number of nitrogens with one attached hydrogen (secondary N) is 1. The summed E-state index contributed by atoms with van der Waals surface area (Å²) in [5.74, 6) is 0.782. The summed E-state index contributed by atoms with van der Waals surface area (Å²) >= 11 is 0. The van der Waals surface area contributed by atoms with Gasteiger partial charge in [0.1, 0.15) is 5.54 Å². The maximum Gasteiger partial charge on any atom is 0.105 e. The van der Waals surface area contributed by atoms with Gasteiger partial charge in [0.25, 0.3) is 0 Å². The normalized spacial score (nSPS) is 24.6. The van der Waals surface area contributed by atoms with Gasteiger partial charge in [-0.15, -0.1) is 0 Å². The third-order valence-corrected chi connectivity index (χ3v) is 4.50. The fourth-order valence-electron chi connectivity index (χ4n) is 3.07. The molecule has 4 heteroatoms. The maximum atomic E-state index is 9.42. The van der Waals surface area contributed by atoms with Crippen molar-refractivity contribution in [1.29, 1.82) is 5.26 Å². The van der Waals surface area contributed by atoms with Gasteiger partial charge < -0.3 is 9.80 Å². The molecule has 0 aromatic rings. The molecule has 3 atom stereocenters. The standard InChI is InChI=1S/C16H32N4/c1-6-8-18-16(3,13-17)10-14(2)20(5)12-15-7-9-19(4)11-15/h14-15,18H,6-12H2,1-5H3. The lowest BCUT2D eigenvalue weighted by Crippen LogP contribution is -2.47. The van der Waals surface area contributed by atoms with Crippen LogP contribution in [0.3, 0.4) is 0 Å². The first kappa shape index (κ1) is 17.4. The monoisotopic (exact) mass is 280 g/mol. The summed E-state index contributed by atoms with van der Waals surface area (Å²) < 4.78 is 0. The second-order valence-electron chi connectivity index (χ2n) is 6.78. The molecule has 0 radical (unpaired) electrons. The zero-order valence-electron chi connectivity index (χ0n) is 13.9. The first-order valence-electron chi connectivity index (χ1n) is 7.95. The van der Waals surface area contributed by atoms with E-state index in [1.165, 1.54) is 19.5 Å². The molecule has 0 aliphatic carbocycles. The van der Waals surface area contributed by atoms with Crippen LogP contribution in [0.15, 0.2) is 0 Å². The van der Waals surface area contributed by atoms with Crippen molar-refractivity contribution in [2.75, 3.05) is 40.3 Å². The number of rotatable bonds is 8. The Hall–Kier alpha value is -0.630. The zero-order valence-corrected chi connectivity index (χ0v) is 13.9. The van der Waals surface area contributed by atoms with Gasteiger partial charge in [-0.05, 0) is 66.2 Å². The van der Waals surface area contributed by atoms with Crippen molar-refractivity contribution in [1.82, 2.24) is 15.1 Å². The van der Waals surface area contributed by atoms with Gasteiger partial charge in [-0.2, -0.15) is 5.26 Å². The van der Waals surface area contributed by atoms with Crippen LogP contribution in [0.25, 0.3) is 0 Å². The van der Waals surface area contributed by atoms with Gasteiger partial charge in [0.15, 0.2) is 0 Å². The predicted octanol–water partition coefficient (Wildman–Crippen LogP) is 1.93. The summed E-state index contributed by atoms with van der Waals surface area (Å²) in [4.78, 5) is 4.83. The number of nitriles is 1. The van der Waals surface area contributed by atoms with Gasteiger partial charge >= 0.3 is 0 Å². The molecule has 4 nitrogen and oxygen atoms in total.